The predicted molar refractivity (Wildman–Crippen MR) is 242 cm³/mol. The molecule has 0 N–H and O–H groups in total. The molecule has 264 valence electrons. The van der Waals surface area contributed by atoms with Crippen LogP contribution in [-0.4, -0.2) is 4.78 Å². The number of hydrogen-bond donors (Lipinski definition) is 0. The summed E-state index contributed by atoms with van der Waals surface area (Å²) in [6, 6.07) is 87.2. The average molecular weight is 789 g/mol. The molecular formula is C49H40ClP3S. The summed E-state index contributed by atoms with van der Waals surface area (Å²) in [5.41, 5.74) is 0. The summed E-state index contributed by atoms with van der Waals surface area (Å²) in [4.78, 5) is 0. The fraction of sp³-hybridized carbons (Fsp3) is 0. The lowest BCUT2D eigenvalue weighted by molar-refractivity contribution is -0.00000976. The highest BCUT2D eigenvalue weighted by Gasteiger charge is 2.59. The van der Waals surface area contributed by atoms with Gasteiger partial charge in [0.25, 0.3) is 0 Å². The molecule has 0 radical (unpaired) electrons. The molecule has 0 saturated heterocycles. The standard InChI is InChI=1S/C49H40P3S.ClH/c53-52(47-37-21-7-22-38-47,48-39-23-8-24-40-48)49(50(41-25-9-1-10-26-41,42-27-11-2-12-28-42)43-29-13-3-14-30-43)51(44-31-15-4-16-32-44,45-33-17-5-18-34-45)46-35-19-6-20-36-46;/h1-40H;1H/q+1;/p-1. The van der Waals surface area contributed by atoms with Crippen molar-refractivity contribution in [1.82, 2.24) is 0 Å². The SMILES string of the molecule is S=P(C(=P(c1ccccc1)(c1ccccc1)c1ccccc1)[P+](c1ccccc1)(c1ccccc1)c1ccccc1)(c1ccccc1)c1ccccc1.[Cl-]. The van der Waals surface area contributed by atoms with E-state index in [9.17, 15) is 0 Å². The third-order valence-electron chi connectivity index (χ3n) is 9.98. The van der Waals surface area contributed by atoms with Crippen LogP contribution in [0, 0.1) is 0 Å². The fourth-order valence-corrected chi connectivity index (χ4v) is 30.3. The van der Waals surface area contributed by atoms with E-state index in [-0.39, 0.29) is 12.4 Å². The summed E-state index contributed by atoms with van der Waals surface area (Å²) in [5.74, 6) is 0. The smallest absolute Gasteiger partial charge is 0.146 e. The van der Waals surface area contributed by atoms with Gasteiger partial charge in [-0.1, -0.05) is 218 Å². The van der Waals surface area contributed by atoms with Crippen molar-refractivity contribution in [2.24, 2.45) is 0 Å². The molecule has 8 rings (SSSR count). The second kappa shape index (κ2) is 16.8. The Morgan fingerprint density at radius 1 is 0.296 bits per heavy atom. The maximum atomic E-state index is 7.78. The van der Waals surface area contributed by atoms with Crippen molar-refractivity contribution in [1.29, 1.82) is 0 Å². The number of halogens is 1. The van der Waals surface area contributed by atoms with Crippen LogP contribution in [0.25, 0.3) is 0 Å². The Morgan fingerprint density at radius 3 is 0.741 bits per heavy atom. The van der Waals surface area contributed by atoms with Gasteiger partial charge < -0.3 is 12.4 Å². The third-order valence-corrected chi connectivity index (χ3v) is 28.3. The van der Waals surface area contributed by atoms with E-state index in [1.807, 2.05) is 0 Å². The van der Waals surface area contributed by atoms with Gasteiger partial charge in [-0.2, -0.15) is 0 Å². The van der Waals surface area contributed by atoms with E-state index in [0.29, 0.717) is 0 Å². The van der Waals surface area contributed by atoms with E-state index >= 15 is 0 Å². The van der Waals surface area contributed by atoms with E-state index < -0.39 is 20.2 Å². The van der Waals surface area contributed by atoms with Gasteiger partial charge >= 0.3 is 0 Å². The maximum absolute atomic E-state index is 7.78. The minimum atomic E-state index is -2.92. The van der Waals surface area contributed by atoms with Crippen molar-refractivity contribution in [3.8, 4) is 0 Å². The molecule has 0 aliphatic carbocycles. The first kappa shape index (κ1) is 37.7. The molecule has 0 bridgehead atoms. The van der Waals surface area contributed by atoms with E-state index in [2.05, 4.69) is 243 Å². The number of benzene rings is 8. The molecule has 54 heavy (non-hydrogen) atoms. The van der Waals surface area contributed by atoms with Crippen LogP contribution in [0.3, 0.4) is 0 Å². The molecular weight excluding hydrogens is 749 g/mol. The molecule has 0 fully saturated rings. The highest BCUT2D eigenvalue weighted by Crippen LogP contribution is 2.76. The van der Waals surface area contributed by atoms with Crippen LogP contribution in [0.2, 0.25) is 0 Å². The van der Waals surface area contributed by atoms with Crippen molar-refractivity contribution >= 4 is 79.2 Å². The molecule has 0 aliphatic heterocycles. The topological polar surface area (TPSA) is 0 Å². The Bertz CT molecular complexity index is 2260. The zero-order valence-electron chi connectivity index (χ0n) is 29.7. The van der Waals surface area contributed by atoms with E-state index in [0.717, 1.165) is 0 Å². The molecule has 8 aromatic rings. The summed E-state index contributed by atoms with van der Waals surface area (Å²) in [7, 11) is -2.82. The molecule has 0 nitrogen and oxygen atoms in total. The monoisotopic (exact) mass is 788 g/mol. The quantitative estimate of drug-likeness (QED) is 0.149. The van der Waals surface area contributed by atoms with Crippen LogP contribution in [0.4, 0.5) is 0 Å². The Kier molecular flexibility index (Phi) is 11.8. The van der Waals surface area contributed by atoms with Gasteiger partial charge in [0.05, 0.1) is 6.04 Å². The van der Waals surface area contributed by atoms with Gasteiger partial charge in [-0.3, -0.25) is 0 Å². The van der Waals surface area contributed by atoms with Crippen LogP contribution in [-0.2, 0) is 11.8 Å². The number of hydrogen-bond acceptors (Lipinski definition) is 1. The molecule has 8 aromatic carbocycles. The molecule has 0 heterocycles. The Morgan fingerprint density at radius 2 is 0.500 bits per heavy atom. The van der Waals surface area contributed by atoms with Gasteiger partial charge in [-0.25, -0.2) is 0 Å². The van der Waals surface area contributed by atoms with Crippen LogP contribution >= 0.6 is 20.2 Å². The van der Waals surface area contributed by atoms with Crippen molar-refractivity contribution in [3.05, 3.63) is 243 Å². The maximum Gasteiger partial charge on any atom is 0.146 e. The average Bonchev–Trinajstić information content (AvgIpc) is 3.26. The minimum Gasteiger partial charge on any atom is -1.00 e. The van der Waals surface area contributed by atoms with E-state index in [1.54, 1.807) is 0 Å². The van der Waals surface area contributed by atoms with E-state index in [1.165, 1.54) is 47.2 Å². The second-order valence-electron chi connectivity index (χ2n) is 12.9. The predicted octanol–water partition coefficient (Wildman–Crippen LogP) is 6.20. The molecule has 0 unspecified atom stereocenters. The minimum absolute atomic E-state index is 0. The summed E-state index contributed by atoms with van der Waals surface area (Å²) in [5, 5.41) is 10.2. The molecule has 0 aromatic heterocycles. The summed E-state index contributed by atoms with van der Waals surface area (Å²) in [6.07, 6.45) is 0. The van der Waals surface area contributed by atoms with Gasteiger partial charge in [0, 0.05) is 6.89 Å². The first-order chi connectivity index (χ1) is 26.2. The Hall–Kier alpha value is -4.57. The summed E-state index contributed by atoms with van der Waals surface area (Å²) in [6.45, 7) is -2.82. The molecule has 0 aliphatic rings. The number of rotatable bonds is 10. The Balaban J connectivity index is 0.00000450. The van der Waals surface area contributed by atoms with Crippen molar-refractivity contribution in [3.63, 3.8) is 0 Å². The lowest BCUT2D eigenvalue weighted by Crippen LogP contribution is -3.00. The summed E-state index contributed by atoms with van der Waals surface area (Å²) < 4.78 is 1.47. The fourth-order valence-electron chi connectivity index (χ4n) is 7.80. The molecule has 0 spiro atoms. The lowest BCUT2D eigenvalue weighted by Gasteiger charge is -2.43. The second-order valence-corrected chi connectivity index (χ2v) is 25.0. The van der Waals surface area contributed by atoms with Crippen LogP contribution in [0.5, 0.6) is 0 Å². The highest BCUT2D eigenvalue weighted by atomic mass is 35.5. The zero-order valence-corrected chi connectivity index (χ0v) is 34.0. The van der Waals surface area contributed by atoms with Gasteiger partial charge in [0.1, 0.15) is 28.0 Å². The summed E-state index contributed by atoms with van der Waals surface area (Å²) >= 11 is 7.78. The molecule has 5 heteroatoms. The van der Waals surface area contributed by atoms with Gasteiger partial charge in [0.15, 0.2) is 0 Å². The van der Waals surface area contributed by atoms with Crippen molar-refractivity contribution in [2.45, 2.75) is 0 Å². The van der Waals surface area contributed by atoms with Crippen LogP contribution < -0.4 is 54.8 Å². The lowest BCUT2D eigenvalue weighted by atomic mass is 10.4. The Labute approximate surface area is 332 Å². The highest BCUT2D eigenvalue weighted by molar-refractivity contribution is 8.47. The molecule has 0 atom stereocenters. The van der Waals surface area contributed by atoms with Gasteiger partial charge in [-0.15, -0.1) is 0 Å². The van der Waals surface area contributed by atoms with Gasteiger partial charge in [0.2, 0.25) is 0 Å². The van der Waals surface area contributed by atoms with E-state index in [4.69, 9.17) is 11.8 Å². The molecule has 0 amide bonds. The first-order valence-corrected chi connectivity index (χ1v) is 24.3. The van der Waals surface area contributed by atoms with Crippen LogP contribution in [0.15, 0.2) is 243 Å². The van der Waals surface area contributed by atoms with Gasteiger partial charge in [-0.05, 0) is 62.9 Å². The van der Waals surface area contributed by atoms with Crippen molar-refractivity contribution in [2.75, 3.05) is 0 Å². The first-order valence-electron chi connectivity index (χ1n) is 17.9. The van der Waals surface area contributed by atoms with Crippen LogP contribution in [0.1, 0.15) is 0 Å². The largest absolute Gasteiger partial charge is 1.00 e. The normalized spacial score (nSPS) is 11.6. The zero-order chi connectivity index (χ0) is 36.0. The molecule has 0 saturated carbocycles. The third kappa shape index (κ3) is 6.50. The van der Waals surface area contributed by atoms with Crippen molar-refractivity contribution < 1.29 is 12.4 Å².